The number of aromatic nitrogens is 4. The minimum absolute atomic E-state index is 0.0143. The van der Waals surface area contributed by atoms with Crippen LogP contribution >= 0.6 is 0 Å². The minimum atomic E-state index is -0.917. The van der Waals surface area contributed by atoms with E-state index in [0.29, 0.717) is 42.8 Å². The van der Waals surface area contributed by atoms with E-state index in [1.807, 2.05) is 70.3 Å². The molecule has 10 rings (SSSR count). The normalized spacial score (nSPS) is 17.9. The number of alkyl carbamates (subject to hydrolysis) is 2. The summed E-state index contributed by atoms with van der Waals surface area (Å²) in [5, 5.41) is 7.49. The number of ether oxygens (including phenoxy) is 4. The van der Waals surface area contributed by atoms with Crippen molar-refractivity contribution in [2.24, 2.45) is 11.8 Å². The van der Waals surface area contributed by atoms with Crippen LogP contribution in [0.2, 0.25) is 0 Å². The van der Waals surface area contributed by atoms with Crippen molar-refractivity contribution in [1.29, 1.82) is 0 Å². The van der Waals surface area contributed by atoms with Gasteiger partial charge in [-0.15, -0.1) is 0 Å². The first-order valence-electron chi connectivity index (χ1n) is 24.3. The highest BCUT2D eigenvalue weighted by Gasteiger charge is 2.44. The number of nitrogens with zero attached hydrogens (tertiary/aromatic N) is 6. The fourth-order valence-corrected chi connectivity index (χ4v) is 10.4. The number of methoxy groups -OCH3 is 2. The van der Waals surface area contributed by atoms with Crippen LogP contribution in [0.15, 0.2) is 85.2 Å². The summed E-state index contributed by atoms with van der Waals surface area (Å²) in [7, 11) is 2.54. The van der Waals surface area contributed by atoms with Gasteiger partial charge in [0.05, 0.1) is 57.3 Å². The molecule has 72 heavy (non-hydrogen) atoms. The Morgan fingerprint density at radius 2 is 1.21 bits per heavy atom. The zero-order valence-corrected chi connectivity index (χ0v) is 41.1. The quantitative estimate of drug-likeness (QED) is 0.0986. The number of benzene rings is 4. The molecule has 0 radical (unpaired) electrons. The van der Waals surface area contributed by atoms with E-state index in [1.54, 1.807) is 25.8 Å². The molecule has 2 aromatic heterocycles. The van der Waals surface area contributed by atoms with E-state index in [9.17, 15) is 24.0 Å². The maximum atomic E-state index is 14.4. The molecule has 0 aliphatic carbocycles. The lowest BCUT2D eigenvalue weighted by Gasteiger charge is -2.30. The summed E-state index contributed by atoms with van der Waals surface area (Å²) in [6.07, 6.45) is 3.74. The van der Waals surface area contributed by atoms with Crippen molar-refractivity contribution in [1.82, 2.24) is 50.2 Å². The molecule has 2 fully saturated rings. The van der Waals surface area contributed by atoms with Gasteiger partial charge in [-0.2, -0.15) is 0 Å². The second kappa shape index (κ2) is 19.6. The molecule has 374 valence electrons. The first kappa shape index (κ1) is 47.6. The van der Waals surface area contributed by atoms with Crippen molar-refractivity contribution in [2.45, 2.75) is 77.8 Å². The molecular weight excluding hydrogens is 921 g/mol. The third kappa shape index (κ3) is 8.98. The number of imidazole rings is 2. The molecule has 4 aromatic carbocycles. The van der Waals surface area contributed by atoms with Crippen molar-refractivity contribution in [2.75, 3.05) is 40.8 Å². The molecule has 2 saturated heterocycles. The Labute approximate surface area is 416 Å². The standard InChI is InChI=1S/C53H58N10O9/c1-29(2)45(58-51(66)69-5)49(64)62-19-9-14-41(62)47-55-23-40(57-47)38-13-8-11-36-35(10-7-12-37(36)38)31-15-17-32(18-16-31)39-22-54-48(56-39)42-26-61(27-63(42)50(65)46(30(3)4)59-52(67)70-6)53(68)60-24-33-20-43-44(72-28-71-43)21-34(33)25-60/h7-8,10-13,15-18,20-23,29-30,41-42,45-46H,9,14,19,24-28H2,1-6H3,(H,54,56)(H,55,57)(H,58,66)(H,59,67)/t41-,42-,45-,46-/m0/s1. The summed E-state index contributed by atoms with van der Waals surface area (Å²) >= 11 is 0. The molecule has 4 aliphatic heterocycles. The molecule has 6 amide bonds. The number of carbonyl (C=O) groups is 5. The van der Waals surface area contributed by atoms with E-state index in [0.717, 1.165) is 68.4 Å². The van der Waals surface area contributed by atoms with Crippen LogP contribution in [0.25, 0.3) is 44.4 Å². The predicted octanol–water partition coefficient (Wildman–Crippen LogP) is 7.72. The summed E-state index contributed by atoms with van der Waals surface area (Å²) in [5.74, 6) is 1.56. The lowest BCUT2D eigenvalue weighted by molar-refractivity contribution is -0.136. The van der Waals surface area contributed by atoms with Gasteiger partial charge in [-0.3, -0.25) is 9.59 Å². The molecule has 4 atom stereocenters. The Hall–Kier alpha value is -8.09. The van der Waals surface area contributed by atoms with Gasteiger partial charge in [0.2, 0.25) is 18.6 Å². The van der Waals surface area contributed by atoms with Crippen LogP contribution in [0.1, 0.15) is 75.4 Å². The van der Waals surface area contributed by atoms with E-state index < -0.39 is 30.3 Å². The number of carbonyl (C=O) groups excluding carboxylic acids is 5. The highest BCUT2D eigenvalue weighted by molar-refractivity contribution is 6.04. The van der Waals surface area contributed by atoms with Gasteiger partial charge in [0.25, 0.3) is 0 Å². The third-order valence-corrected chi connectivity index (χ3v) is 14.2. The lowest BCUT2D eigenvalue weighted by Crippen LogP contribution is -2.52. The smallest absolute Gasteiger partial charge is 0.407 e. The monoisotopic (exact) mass is 978 g/mol. The van der Waals surface area contributed by atoms with Crippen LogP contribution in [-0.4, -0.2) is 122 Å². The fraction of sp³-hybridized carbons (Fsp3) is 0.377. The fourth-order valence-electron chi connectivity index (χ4n) is 10.4. The van der Waals surface area contributed by atoms with E-state index in [2.05, 4.69) is 57.0 Å². The Morgan fingerprint density at radius 3 is 1.82 bits per heavy atom. The Balaban J connectivity index is 0.878. The van der Waals surface area contributed by atoms with Gasteiger partial charge in [-0.1, -0.05) is 88.4 Å². The second-order valence-corrected chi connectivity index (χ2v) is 19.4. The Kier molecular flexibility index (Phi) is 13.0. The molecule has 0 bridgehead atoms. The van der Waals surface area contributed by atoms with Crippen molar-refractivity contribution in [3.8, 4) is 45.1 Å². The van der Waals surface area contributed by atoms with E-state index in [-0.39, 0.29) is 55.7 Å². The topological polar surface area (TPSA) is 217 Å². The van der Waals surface area contributed by atoms with Gasteiger partial charge in [0.1, 0.15) is 29.8 Å². The number of aromatic amines is 2. The van der Waals surface area contributed by atoms with Crippen molar-refractivity contribution >= 4 is 40.8 Å². The molecular formula is C53H58N10O9. The molecule has 19 heteroatoms. The van der Waals surface area contributed by atoms with E-state index in [1.165, 1.54) is 14.2 Å². The van der Waals surface area contributed by atoms with Crippen LogP contribution in [0.5, 0.6) is 11.5 Å². The van der Waals surface area contributed by atoms with Gasteiger partial charge in [0, 0.05) is 25.2 Å². The highest BCUT2D eigenvalue weighted by atomic mass is 16.7. The van der Waals surface area contributed by atoms with Gasteiger partial charge in [-0.05, 0) is 75.4 Å². The van der Waals surface area contributed by atoms with Crippen LogP contribution in [0, 0.1) is 11.8 Å². The molecule has 6 heterocycles. The van der Waals surface area contributed by atoms with Crippen molar-refractivity contribution in [3.63, 3.8) is 0 Å². The molecule has 0 unspecified atom stereocenters. The SMILES string of the molecule is COC(=O)N[C@H](C(=O)N1CN(C(=O)N2Cc3cc4c(cc3C2)OCO4)C[C@H]1c1ncc(-c2ccc(-c3cccc4c(-c5cnc([C@@H]6CCCN6C(=O)[C@@H](NC(=O)OC)C(C)C)[nH]5)cccc34)cc2)[nH]1)C(C)C. The van der Waals surface area contributed by atoms with Gasteiger partial charge in [-0.25, -0.2) is 24.4 Å². The van der Waals surface area contributed by atoms with Crippen molar-refractivity contribution in [3.05, 3.63) is 108 Å². The molecule has 0 saturated carbocycles. The van der Waals surface area contributed by atoms with E-state index >= 15 is 0 Å². The summed E-state index contributed by atoms with van der Waals surface area (Å²) in [4.78, 5) is 90.4. The maximum Gasteiger partial charge on any atom is 0.407 e. The van der Waals surface area contributed by atoms with Crippen LogP contribution < -0.4 is 20.1 Å². The van der Waals surface area contributed by atoms with Crippen LogP contribution in [0.4, 0.5) is 14.4 Å². The number of rotatable bonds is 11. The number of fused-ring (bicyclic) bond motifs is 3. The largest absolute Gasteiger partial charge is 0.454 e. The van der Waals surface area contributed by atoms with Gasteiger partial charge < -0.3 is 59.1 Å². The Morgan fingerprint density at radius 1 is 0.667 bits per heavy atom. The lowest BCUT2D eigenvalue weighted by atomic mass is 9.94. The molecule has 6 aromatic rings. The number of urea groups is 1. The molecule has 0 spiro atoms. The first-order chi connectivity index (χ1) is 34.8. The minimum Gasteiger partial charge on any atom is -0.454 e. The Bertz CT molecular complexity index is 3030. The summed E-state index contributed by atoms with van der Waals surface area (Å²) in [5.41, 5.74) is 7.39. The maximum absolute atomic E-state index is 14.4. The second-order valence-electron chi connectivity index (χ2n) is 19.4. The average molecular weight is 979 g/mol. The number of amides is 6. The zero-order valence-electron chi connectivity index (χ0n) is 41.1. The number of likely N-dealkylation sites (tertiary alicyclic amines) is 1. The number of hydrogen-bond acceptors (Lipinski definition) is 11. The van der Waals surface area contributed by atoms with Crippen LogP contribution in [-0.2, 0) is 32.2 Å². The molecule has 4 aliphatic rings. The van der Waals surface area contributed by atoms with Gasteiger partial charge >= 0.3 is 18.2 Å². The summed E-state index contributed by atoms with van der Waals surface area (Å²) < 4.78 is 20.8. The zero-order chi connectivity index (χ0) is 50.4. The first-order valence-corrected chi connectivity index (χ1v) is 24.3. The number of nitrogens with one attached hydrogen (secondary N) is 4. The summed E-state index contributed by atoms with van der Waals surface area (Å²) in [6.45, 7) is 9.13. The van der Waals surface area contributed by atoms with Gasteiger partial charge in [0.15, 0.2) is 11.5 Å². The van der Waals surface area contributed by atoms with Crippen LogP contribution in [0.3, 0.4) is 0 Å². The average Bonchev–Trinajstić information content (AvgIpc) is 4.26. The van der Waals surface area contributed by atoms with Crippen molar-refractivity contribution < 1.29 is 42.9 Å². The number of hydrogen-bond donors (Lipinski definition) is 4. The number of H-pyrrole nitrogens is 2. The third-order valence-electron chi connectivity index (χ3n) is 14.2. The molecule has 19 nitrogen and oxygen atoms in total. The van der Waals surface area contributed by atoms with E-state index in [4.69, 9.17) is 28.9 Å². The highest BCUT2D eigenvalue weighted by Crippen LogP contribution is 2.41. The predicted molar refractivity (Wildman–Crippen MR) is 265 cm³/mol. The molecule has 4 N–H and O–H groups in total. The summed E-state index contributed by atoms with van der Waals surface area (Å²) in [6, 6.07) is 21.6.